The Hall–Kier alpha value is -1.68. The van der Waals surface area contributed by atoms with Crippen molar-refractivity contribution in [1.29, 1.82) is 0 Å². The highest BCUT2D eigenvalue weighted by Gasteiger charge is 2.46. The van der Waals surface area contributed by atoms with Crippen molar-refractivity contribution in [1.82, 2.24) is 9.80 Å². The summed E-state index contributed by atoms with van der Waals surface area (Å²) in [6, 6.07) is 22.0. The Morgan fingerprint density at radius 3 is 2.04 bits per heavy atom. The molecule has 2 fully saturated rings. The minimum Gasteiger partial charge on any atom is -0.365 e. The first-order valence-corrected chi connectivity index (χ1v) is 10.2. The summed E-state index contributed by atoms with van der Waals surface area (Å²) < 4.78 is 7.01. The largest absolute Gasteiger partial charge is 0.365 e. The fourth-order valence-corrected chi connectivity index (χ4v) is 5.20. The molecule has 1 aliphatic heterocycles. The molecule has 27 heavy (non-hydrogen) atoms. The molecule has 1 aliphatic carbocycles. The average molecular weight is 365 g/mol. The molecule has 0 aromatic heterocycles. The summed E-state index contributed by atoms with van der Waals surface area (Å²) >= 11 is 0. The topological polar surface area (TPSA) is 15.7 Å². The van der Waals surface area contributed by atoms with E-state index < -0.39 is 0 Å². The van der Waals surface area contributed by atoms with Crippen LogP contribution in [0.25, 0.3) is 0 Å². The zero-order valence-corrected chi connectivity index (χ0v) is 16.8. The first-order valence-electron chi connectivity index (χ1n) is 10.2. The maximum Gasteiger partial charge on any atom is 0.108 e. The third-order valence-electron chi connectivity index (χ3n) is 6.44. The van der Waals surface area contributed by atoms with E-state index in [4.69, 9.17) is 4.74 Å². The fourth-order valence-electron chi connectivity index (χ4n) is 5.20. The molecule has 4 rings (SSSR count). The summed E-state index contributed by atoms with van der Waals surface area (Å²) in [7, 11) is 6.71. The van der Waals surface area contributed by atoms with Crippen molar-refractivity contribution in [3.05, 3.63) is 71.8 Å². The van der Waals surface area contributed by atoms with E-state index in [1.807, 2.05) is 0 Å². The summed E-state index contributed by atoms with van der Waals surface area (Å²) in [6.45, 7) is 2.28. The molecule has 1 heterocycles. The number of fused-ring (bicyclic) bond motifs is 2. The second kappa shape index (κ2) is 8.14. The molecular formula is C24H32N2O. The van der Waals surface area contributed by atoms with Crippen LogP contribution in [-0.4, -0.2) is 56.2 Å². The standard InChI is InChI=1S/C24H32N2O/c1-25(2)22-15-14-20-16-26(3)17-21(22)24(20)27-23(18-10-6-4-7-11-18)19-12-8-5-9-13-19/h4-13,20-24H,14-17H2,1-3H3/t20?,21?,22-,24+/m0/s1. The van der Waals surface area contributed by atoms with Gasteiger partial charge in [0.15, 0.2) is 0 Å². The van der Waals surface area contributed by atoms with Crippen molar-refractivity contribution in [2.24, 2.45) is 11.8 Å². The molecule has 3 nitrogen and oxygen atoms in total. The molecule has 2 aromatic rings. The number of likely N-dealkylation sites (tertiary alicyclic amines) is 1. The van der Waals surface area contributed by atoms with E-state index in [2.05, 4.69) is 91.6 Å². The first kappa shape index (κ1) is 18.7. The molecule has 1 saturated heterocycles. The molecule has 2 bridgehead atoms. The summed E-state index contributed by atoms with van der Waals surface area (Å²) in [6.07, 6.45) is 2.86. The predicted octanol–water partition coefficient (Wildman–Crippen LogP) is 4.06. The quantitative estimate of drug-likeness (QED) is 0.796. The highest BCUT2D eigenvalue weighted by Crippen LogP contribution is 2.41. The smallest absolute Gasteiger partial charge is 0.108 e. The van der Waals surface area contributed by atoms with Crippen LogP contribution in [0.5, 0.6) is 0 Å². The third kappa shape index (κ3) is 3.96. The van der Waals surface area contributed by atoms with Crippen molar-refractivity contribution in [3.8, 4) is 0 Å². The van der Waals surface area contributed by atoms with Gasteiger partial charge in [-0.05, 0) is 51.0 Å². The first-order chi connectivity index (χ1) is 13.1. The van der Waals surface area contributed by atoms with E-state index in [1.165, 1.54) is 24.0 Å². The van der Waals surface area contributed by atoms with Gasteiger partial charge in [0.1, 0.15) is 6.10 Å². The van der Waals surface area contributed by atoms with Gasteiger partial charge >= 0.3 is 0 Å². The second-order valence-corrected chi connectivity index (χ2v) is 8.56. The number of rotatable bonds is 5. The van der Waals surface area contributed by atoms with Crippen LogP contribution in [0.15, 0.2) is 60.7 Å². The van der Waals surface area contributed by atoms with Crippen molar-refractivity contribution in [2.45, 2.75) is 31.1 Å². The van der Waals surface area contributed by atoms with Gasteiger partial charge in [-0.3, -0.25) is 0 Å². The van der Waals surface area contributed by atoms with Gasteiger partial charge in [-0.25, -0.2) is 0 Å². The SMILES string of the molecule is CN1CC2CC[C@H](N(C)C)C(C1)[C@@H]2OC(c1ccccc1)c1ccccc1. The van der Waals surface area contributed by atoms with E-state index in [0.717, 1.165) is 13.1 Å². The maximum absolute atomic E-state index is 7.01. The summed E-state index contributed by atoms with van der Waals surface area (Å²) in [5, 5.41) is 0. The van der Waals surface area contributed by atoms with Crippen LogP contribution in [-0.2, 0) is 4.74 Å². The number of piperidine rings is 1. The van der Waals surface area contributed by atoms with Crippen LogP contribution in [0.2, 0.25) is 0 Å². The lowest BCUT2D eigenvalue weighted by atomic mass is 9.71. The zero-order valence-electron chi connectivity index (χ0n) is 16.8. The number of benzene rings is 2. The molecule has 0 N–H and O–H groups in total. The van der Waals surface area contributed by atoms with E-state index in [-0.39, 0.29) is 6.10 Å². The minimum absolute atomic E-state index is 0.00622. The van der Waals surface area contributed by atoms with Gasteiger partial charge in [0, 0.05) is 25.0 Å². The maximum atomic E-state index is 7.01. The Bertz CT molecular complexity index is 678. The van der Waals surface area contributed by atoms with Gasteiger partial charge in [-0.1, -0.05) is 60.7 Å². The van der Waals surface area contributed by atoms with E-state index in [9.17, 15) is 0 Å². The Morgan fingerprint density at radius 2 is 1.48 bits per heavy atom. The monoisotopic (exact) mass is 364 g/mol. The summed E-state index contributed by atoms with van der Waals surface area (Å²) in [5.74, 6) is 1.19. The van der Waals surface area contributed by atoms with E-state index in [1.54, 1.807) is 0 Å². The van der Waals surface area contributed by atoms with Gasteiger partial charge in [-0.2, -0.15) is 0 Å². The van der Waals surface area contributed by atoms with Gasteiger partial charge in [-0.15, -0.1) is 0 Å². The number of hydrogen-bond acceptors (Lipinski definition) is 3. The Labute approximate surface area is 163 Å². The molecule has 0 spiro atoms. The number of nitrogens with zero attached hydrogens (tertiary/aromatic N) is 2. The van der Waals surface area contributed by atoms with Crippen LogP contribution in [0.4, 0.5) is 0 Å². The van der Waals surface area contributed by atoms with Gasteiger partial charge in [0.2, 0.25) is 0 Å². The third-order valence-corrected chi connectivity index (χ3v) is 6.44. The number of ether oxygens (including phenoxy) is 1. The van der Waals surface area contributed by atoms with Crippen LogP contribution in [0, 0.1) is 11.8 Å². The lowest BCUT2D eigenvalue weighted by molar-refractivity contribution is -0.132. The molecule has 2 aliphatic rings. The van der Waals surface area contributed by atoms with Gasteiger partial charge in [0.25, 0.3) is 0 Å². The average Bonchev–Trinajstić information content (AvgIpc) is 2.67. The molecule has 2 unspecified atom stereocenters. The van der Waals surface area contributed by atoms with E-state index in [0.29, 0.717) is 24.0 Å². The van der Waals surface area contributed by atoms with E-state index >= 15 is 0 Å². The molecule has 4 atom stereocenters. The molecular weight excluding hydrogens is 332 g/mol. The van der Waals surface area contributed by atoms with Crippen LogP contribution in [0.3, 0.4) is 0 Å². The molecule has 1 saturated carbocycles. The lowest BCUT2D eigenvalue weighted by Gasteiger charge is -2.52. The highest BCUT2D eigenvalue weighted by atomic mass is 16.5. The van der Waals surface area contributed by atoms with Crippen molar-refractivity contribution in [2.75, 3.05) is 34.2 Å². The normalized spacial score (nSPS) is 28.6. The number of hydrogen-bond donors (Lipinski definition) is 0. The molecule has 0 radical (unpaired) electrons. The fraction of sp³-hybridized carbons (Fsp3) is 0.500. The van der Waals surface area contributed by atoms with Gasteiger partial charge < -0.3 is 14.5 Å². The molecule has 3 heteroatoms. The molecule has 2 aromatic carbocycles. The Kier molecular flexibility index (Phi) is 5.63. The second-order valence-electron chi connectivity index (χ2n) is 8.56. The predicted molar refractivity (Wildman–Crippen MR) is 111 cm³/mol. The summed E-state index contributed by atoms with van der Waals surface area (Å²) in [5.41, 5.74) is 2.50. The molecule has 144 valence electrons. The highest BCUT2D eigenvalue weighted by molar-refractivity contribution is 5.30. The lowest BCUT2D eigenvalue weighted by Crippen LogP contribution is -2.59. The van der Waals surface area contributed by atoms with Crippen LogP contribution in [0.1, 0.15) is 30.1 Å². The van der Waals surface area contributed by atoms with Crippen LogP contribution < -0.4 is 0 Å². The van der Waals surface area contributed by atoms with Gasteiger partial charge in [0.05, 0.1) is 6.10 Å². The van der Waals surface area contributed by atoms with Crippen molar-refractivity contribution in [3.63, 3.8) is 0 Å². The minimum atomic E-state index is 0.00622. The zero-order chi connectivity index (χ0) is 18.8. The Balaban J connectivity index is 1.66. The van der Waals surface area contributed by atoms with Crippen molar-refractivity contribution < 1.29 is 4.74 Å². The van der Waals surface area contributed by atoms with Crippen molar-refractivity contribution >= 4 is 0 Å². The Morgan fingerprint density at radius 1 is 0.889 bits per heavy atom. The molecule has 0 amide bonds. The summed E-state index contributed by atoms with van der Waals surface area (Å²) in [4.78, 5) is 4.92. The van der Waals surface area contributed by atoms with Crippen LogP contribution >= 0.6 is 0 Å².